The Hall–Kier alpha value is 0.0200. The molecule has 3 nitrogen and oxygen atoms in total. The molecule has 0 radical (unpaired) electrons. The maximum Gasteiger partial charge on any atom is 0.0758 e. The molecule has 1 atom stereocenters. The minimum Gasteiger partial charge on any atom is -0.271 e. The Kier molecular flexibility index (Phi) is 5.17. The van der Waals surface area contributed by atoms with Crippen molar-refractivity contribution in [3.05, 3.63) is 48.2 Å². The molecule has 2 heterocycles. The summed E-state index contributed by atoms with van der Waals surface area (Å²) < 4.78 is 2.12. The monoisotopic (exact) mass is 409 g/mol. The molecule has 0 bridgehead atoms. The normalized spacial score (nSPS) is 12.7. The van der Waals surface area contributed by atoms with E-state index in [-0.39, 0.29) is 6.04 Å². The maximum atomic E-state index is 6.11. The van der Waals surface area contributed by atoms with E-state index in [4.69, 9.17) is 17.4 Å². The molecule has 0 aromatic carbocycles. The summed E-state index contributed by atoms with van der Waals surface area (Å²) in [6.45, 7) is 0. The summed E-state index contributed by atoms with van der Waals surface area (Å²) >= 11 is 14.7. The molecule has 0 spiro atoms. The van der Waals surface area contributed by atoms with Crippen LogP contribution in [0.15, 0.2) is 32.1 Å². The van der Waals surface area contributed by atoms with Gasteiger partial charge in [-0.15, -0.1) is 11.3 Å². The van der Waals surface area contributed by atoms with E-state index in [2.05, 4.69) is 42.3 Å². The number of halogens is 3. The molecule has 18 heavy (non-hydrogen) atoms. The quantitative estimate of drug-likeness (QED) is 0.589. The van der Waals surface area contributed by atoms with Gasteiger partial charge in [-0.25, -0.2) is 0 Å². The van der Waals surface area contributed by atoms with Crippen LogP contribution >= 0.6 is 54.8 Å². The highest BCUT2D eigenvalue weighted by atomic mass is 79.9. The molecule has 0 aliphatic carbocycles. The lowest BCUT2D eigenvalue weighted by atomic mass is 10.0. The summed E-state index contributed by atoms with van der Waals surface area (Å²) in [6, 6.07) is 3.96. The third kappa shape index (κ3) is 3.31. The third-order valence-corrected chi connectivity index (χ3v) is 5.27. The predicted octanol–water partition coefficient (Wildman–Crippen LogP) is 4.07. The van der Waals surface area contributed by atoms with Crippen LogP contribution in [0.2, 0.25) is 5.02 Å². The molecule has 0 saturated heterocycles. The van der Waals surface area contributed by atoms with Gasteiger partial charge in [-0.3, -0.25) is 16.3 Å². The molecule has 2 aromatic rings. The number of nitrogens with two attached hydrogens (primary N) is 1. The first kappa shape index (κ1) is 14.4. The van der Waals surface area contributed by atoms with E-state index in [1.807, 2.05) is 12.1 Å². The van der Waals surface area contributed by atoms with Crippen molar-refractivity contribution in [2.45, 2.75) is 12.5 Å². The zero-order valence-electron chi connectivity index (χ0n) is 9.16. The average molecular weight is 412 g/mol. The highest BCUT2D eigenvalue weighted by molar-refractivity contribution is 9.12. The summed E-state index contributed by atoms with van der Waals surface area (Å²) in [5.74, 6) is 5.64. The fourth-order valence-corrected chi connectivity index (χ4v) is 4.81. The van der Waals surface area contributed by atoms with Gasteiger partial charge in [-0.05, 0) is 61.5 Å². The first-order valence-electron chi connectivity index (χ1n) is 5.11. The highest BCUT2D eigenvalue weighted by Gasteiger charge is 2.17. The van der Waals surface area contributed by atoms with Crippen LogP contribution < -0.4 is 11.3 Å². The van der Waals surface area contributed by atoms with Crippen molar-refractivity contribution in [1.29, 1.82) is 0 Å². The van der Waals surface area contributed by atoms with Gasteiger partial charge in [0, 0.05) is 12.4 Å². The van der Waals surface area contributed by atoms with E-state index < -0.39 is 0 Å². The van der Waals surface area contributed by atoms with Crippen molar-refractivity contribution in [1.82, 2.24) is 10.4 Å². The van der Waals surface area contributed by atoms with Gasteiger partial charge in [0.25, 0.3) is 0 Å². The number of hydrogen-bond donors (Lipinski definition) is 2. The van der Waals surface area contributed by atoms with Gasteiger partial charge >= 0.3 is 0 Å². The van der Waals surface area contributed by atoms with Gasteiger partial charge < -0.3 is 0 Å². The van der Waals surface area contributed by atoms with Crippen molar-refractivity contribution in [3.8, 4) is 0 Å². The van der Waals surface area contributed by atoms with Crippen LogP contribution in [-0.4, -0.2) is 4.98 Å². The fourth-order valence-electron chi connectivity index (χ4n) is 1.64. The highest BCUT2D eigenvalue weighted by Crippen LogP contribution is 2.36. The second-order valence-electron chi connectivity index (χ2n) is 3.67. The Bertz CT molecular complexity index is 547. The largest absolute Gasteiger partial charge is 0.271 e. The molecule has 0 amide bonds. The number of rotatable bonds is 4. The standard InChI is InChI=1S/C11H10Br2ClN3S/c12-10-4-7(11(13)18-10)9(17-15)3-6-1-2-16-5-8(6)14/h1-2,4-5,9,17H,3,15H2. The van der Waals surface area contributed by atoms with Crippen molar-refractivity contribution in [2.75, 3.05) is 0 Å². The second kappa shape index (κ2) is 6.45. The number of pyridine rings is 1. The van der Waals surface area contributed by atoms with Gasteiger partial charge in [0.15, 0.2) is 0 Å². The van der Waals surface area contributed by atoms with Crippen LogP contribution in [0.1, 0.15) is 17.2 Å². The van der Waals surface area contributed by atoms with Crippen LogP contribution in [0, 0.1) is 0 Å². The molecule has 1 unspecified atom stereocenters. The first-order valence-corrected chi connectivity index (χ1v) is 7.89. The van der Waals surface area contributed by atoms with Crippen LogP contribution in [0.3, 0.4) is 0 Å². The maximum absolute atomic E-state index is 6.11. The third-order valence-electron chi connectivity index (χ3n) is 2.54. The fraction of sp³-hybridized carbons (Fsp3) is 0.182. The Morgan fingerprint density at radius 1 is 1.50 bits per heavy atom. The van der Waals surface area contributed by atoms with Gasteiger partial charge in [-0.1, -0.05) is 11.6 Å². The average Bonchev–Trinajstić information content (AvgIpc) is 2.67. The zero-order valence-corrected chi connectivity index (χ0v) is 13.9. The van der Waals surface area contributed by atoms with Crippen molar-refractivity contribution < 1.29 is 0 Å². The first-order chi connectivity index (χ1) is 8.61. The molecule has 7 heteroatoms. The van der Waals surface area contributed by atoms with E-state index in [1.165, 1.54) is 0 Å². The number of aromatic nitrogens is 1. The van der Waals surface area contributed by atoms with Crippen molar-refractivity contribution >= 4 is 54.8 Å². The van der Waals surface area contributed by atoms with Gasteiger partial charge in [-0.2, -0.15) is 0 Å². The molecule has 96 valence electrons. The Morgan fingerprint density at radius 2 is 2.28 bits per heavy atom. The Morgan fingerprint density at radius 3 is 2.83 bits per heavy atom. The summed E-state index contributed by atoms with van der Waals surface area (Å²) in [6.07, 6.45) is 4.08. The molecular formula is C11H10Br2ClN3S. The minimum atomic E-state index is 0.00169. The number of hydrogen-bond acceptors (Lipinski definition) is 4. The number of nitrogens with zero attached hydrogens (tertiary/aromatic N) is 1. The molecule has 0 fully saturated rings. The SMILES string of the molecule is NNC(Cc1ccncc1Cl)c1cc(Br)sc1Br. The summed E-state index contributed by atoms with van der Waals surface area (Å²) in [4.78, 5) is 3.97. The van der Waals surface area contributed by atoms with E-state index >= 15 is 0 Å². The lowest BCUT2D eigenvalue weighted by molar-refractivity contribution is 0.551. The molecule has 3 N–H and O–H groups in total. The second-order valence-corrected chi connectivity index (χ2v) is 7.83. The lowest BCUT2D eigenvalue weighted by Gasteiger charge is -2.16. The van der Waals surface area contributed by atoms with Crippen LogP contribution in [0.4, 0.5) is 0 Å². The summed E-state index contributed by atoms with van der Waals surface area (Å²) in [7, 11) is 0. The number of nitrogens with one attached hydrogen (secondary N) is 1. The van der Waals surface area contributed by atoms with Crippen molar-refractivity contribution in [2.24, 2.45) is 5.84 Å². The smallest absolute Gasteiger partial charge is 0.0758 e. The van der Waals surface area contributed by atoms with Crippen LogP contribution in [0.25, 0.3) is 0 Å². The molecule has 2 rings (SSSR count). The topological polar surface area (TPSA) is 50.9 Å². The zero-order chi connectivity index (χ0) is 13.1. The van der Waals surface area contributed by atoms with Gasteiger partial charge in [0.05, 0.1) is 18.6 Å². The van der Waals surface area contributed by atoms with Gasteiger partial charge in [0.1, 0.15) is 0 Å². The molecule has 0 aliphatic rings. The summed E-state index contributed by atoms with van der Waals surface area (Å²) in [5.41, 5.74) is 4.96. The molecule has 2 aromatic heterocycles. The molecule has 0 saturated carbocycles. The van der Waals surface area contributed by atoms with E-state index in [1.54, 1.807) is 23.7 Å². The minimum absolute atomic E-state index is 0.00169. The molecular weight excluding hydrogens is 401 g/mol. The van der Waals surface area contributed by atoms with Crippen molar-refractivity contribution in [3.63, 3.8) is 0 Å². The summed E-state index contributed by atoms with van der Waals surface area (Å²) in [5, 5.41) is 0.656. The Balaban J connectivity index is 2.25. The van der Waals surface area contributed by atoms with E-state index in [9.17, 15) is 0 Å². The number of hydrazine groups is 1. The van der Waals surface area contributed by atoms with Crippen LogP contribution in [-0.2, 0) is 6.42 Å². The Labute approximate surface area is 131 Å². The van der Waals surface area contributed by atoms with E-state index in [0.29, 0.717) is 11.4 Å². The molecule has 0 aliphatic heterocycles. The number of thiophene rings is 1. The predicted molar refractivity (Wildman–Crippen MR) is 82.7 cm³/mol. The lowest BCUT2D eigenvalue weighted by Crippen LogP contribution is -2.29. The van der Waals surface area contributed by atoms with E-state index in [0.717, 1.165) is 18.7 Å². The van der Waals surface area contributed by atoms with Crippen LogP contribution in [0.5, 0.6) is 0 Å². The van der Waals surface area contributed by atoms with Gasteiger partial charge in [0.2, 0.25) is 0 Å².